The van der Waals surface area contributed by atoms with Crippen LogP contribution in [0.15, 0.2) is 47.8 Å². The number of hydrogen-bond acceptors (Lipinski definition) is 4. The van der Waals surface area contributed by atoms with Gasteiger partial charge >= 0.3 is 6.18 Å². The van der Waals surface area contributed by atoms with E-state index in [9.17, 15) is 22.4 Å². The lowest BCUT2D eigenvalue weighted by molar-refractivity contribution is -0.173. The van der Waals surface area contributed by atoms with Crippen molar-refractivity contribution in [2.24, 2.45) is 0 Å². The second-order valence-electron chi connectivity index (χ2n) is 6.67. The van der Waals surface area contributed by atoms with Gasteiger partial charge in [-0.1, -0.05) is 18.2 Å². The van der Waals surface area contributed by atoms with Crippen LogP contribution < -0.4 is 10.6 Å². The van der Waals surface area contributed by atoms with E-state index in [2.05, 4.69) is 15.7 Å². The molecule has 152 valence electrons. The average Bonchev–Trinajstić information content (AvgIpc) is 3.35. The molecule has 1 aliphatic rings. The van der Waals surface area contributed by atoms with Crippen LogP contribution >= 0.6 is 11.3 Å². The van der Waals surface area contributed by atoms with E-state index in [-0.39, 0.29) is 24.5 Å². The minimum Gasteiger partial charge on any atom is -0.363 e. The first-order valence-corrected chi connectivity index (χ1v) is 9.68. The monoisotopic (exact) mass is 424 g/mol. The van der Waals surface area contributed by atoms with Crippen molar-refractivity contribution in [3.8, 4) is 0 Å². The summed E-state index contributed by atoms with van der Waals surface area (Å²) in [6.07, 6.45) is -4.71. The number of anilines is 1. The molecular weight excluding hydrogens is 408 g/mol. The van der Waals surface area contributed by atoms with Crippen LogP contribution in [-0.2, 0) is 6.54 Å². The molecule has 0 saturated heterocycles. The van der Waals surface area contributed by atoms with Gasteiger partial charge in [0.05, 0.1) is 6.04 Å². The maximum atomic E-state index is 13.6. The highest BCUT2D eigenvalue weighted by molar-refractivity contribution is 7.10. The largest absolute Gasteiger partial charge is 0.410 e. The van der Waals surface area contributed by atoms with Gasteiger partial charge in [0.25, 0.3) is 5.91 Å². The van der Waals surface area contributed by atoms with Gasteiger partial charge in [-0.05, 0) is 29.1 Å². The zero-order chi connectivity index (χ0) is 20.6. The molecule has 0 radical (unpaired) electrons. The number of nitrogens with one attached hydrogen (secondary N) is 2. The lowest BCUT2D eigenvalue weighted by Gasteiger charge is -2.32. The molecule has 10 heteroatoms. The average molecular weight is 424 g/mol. The fourth-order valence-electron chi connectivity index (χ4n) is 3.24. The highest BCUT2D eigenvalue weighted by atomic mass is 32.1. The summed E-state index contributed by atoms with van der Waals surface area (Å²) in [4.78, 5) is 13.2. The number of alkyl halides is 3. The van der Waals surface area contributed by atoms with Gasteiger partial charge in [-0.25, -0.2) is 9.07 Å². The third kappa shape index (κ3) is 4.12. The van der Waals surface area contributed by atoms with Crippen molar-refractivity contribution >= 4 is 23.1 Å². The summed E-state index contributed by atoms with van der Waals surface area (Å²) in [5.74, 6) is -0.859. The number of halogens is 4. The molecular formula is C19H16F4N4OS. The molecule has 1 aliphatic heterocycles. The first-order valence-electron chi connectivity index (χ1n) is 8.80. The first-order chi connectivity index (χ1) is 13.8. The van der Waals surface area contributed by atoms with Crippen molar-refractivity contribution in [1.82, 2.24) is 15.1 Å². The third-order valence-electron chi connectivity index (χ3n) is 4.68. The van der Waals surface area contributed by atoms with Gasteiger partial charge in [0.1, 0.15) is 11.6 Å². The summed E-state index contributed by atoms with van der Waals surface area (Å²) in [7, 11) is 0. The SMILES string of the molecule is O=C(NCc1ccc(F)cc1)c1cc2n(n1)[C@@H](C(F)(F)F)C[C@@H](c1cccs1)N2. The predicted molar refractivity (Wildman–Crippen MR) is 100 cm³/mol. The lowest BCUT2D eigenvalue weighted by atomic mass is 10.0. The Morgan fingerprint density at radius 2 is 2.03 bits per heavy atom. The van der Waals surface area contributed by atoms with E-state index < -0.39 is 30.0 Å². The zero-order valence-corrected chi connectivity index (χ0v) is 15.7. The Labute approximate surface area is 167 Å². The van der Waals surface area contributed by atoms with E-state index in [1.165, 1.54) is 41.7 Å². The van der Waals surface area contributed by atoms with E-state index in [0.717, 1.165) is 9.56 Å². The van der Waals surface area contributed by atoms with Crippen molar-refractivity contribution in [3.05, 3.63) is 69.8 Å². The smallest absolute Gasteiger partial charge is 0.363 e. The van der Waals surface area contributed by atoms with Gasteiger partial charge < -0.3 is 10.6 Å². The Hall–Kier alpha value is -2.88. The number of nitrogens with zero attached hydrogens (tertiary/aromatic N) is 2. The minimum absolute atomic E-state index is 0.106. The summed E-state index contributed by atoms with van der Waals surface area (Å²) >= 11 is 1.37. The number of carbonyl (C=O) groups is 1. The normalized spacial score (nSPS) is 18.8. The van der Waals surface area contributed by atoms with Gasteiger partial charge in [-0.3, -0.25) is 4.79 Å². The highest BCUT2D eigenvalue weighted by Gasteiger charge is 2.47. The Morgan fingerprint density at radius 3 is 2.69 bits per heavy atom. The molecule has 2 atom stereocenters. The van der Waals surface area contributed by atoms with Crippen LogP contribution in [0.3, 0.4) is 0 Å². The maximum Gasteiger partial charge on any atom is 0.410 e. The number of fused-ring (bicyclic) bond motifs is 1. The molecule has 3 aromatic rings. The number of aromatic nitrogens is 2. The number of amides is 1. The van der Waals surface area contributed by atoms with E-state index in [1.807, 2.05) is 0 Å². The van der Waals surface area contributed by atoms with Crippen LogP contribution in [0.4, 0.5) is 23.4 Å². The summed E-state index contributed by atoms with van der Waals surface area (Å²) in [5, 5.41) is 11.3. The van der Waals surface area contributed by atoms with Gasteiger partial charge in [-0.2, -0.15) is 18.3 Å². The molecule has 0 saturated carbocycles. The Kier molecular flexibility index (Phi) is 5.03. The van der Waals surface area contributed by atoms with Crippen LogP contribution in [0, 0.1) is 5.82 Å². The lowest BCUT2D eigenvalue weighted by Crippen LogP contribution is -2.35. The van der Waals surface area contributed by atoms with Crippen LogP contribution in [0.25, 0.3) is 0 Å². The van der Waals surface area contributed by atoms with Crippen LogP contribution in [0.2, 0.25) is 0 Å². The summed E-state index contributed by atoms with van der Waals surface area (Å²) in [6, 6.07) is 8.09. The summed E-state index contributed by atoms with van der Waals surface area (Å²) < 4.78 is 54.7. The second-order valence-corrected chi connectivity index (χ2v) is 7.65. The molecule has 0 bridgehead atoms. The Balaban J connectivity index is 1.55. The first kappa shape index (κ1) is 19.4. The molecule has 1 amide bonds. The van der Waals surface area contributed by atoms with Gasteiger partial charge in [0, 0.05) is 23.9 Å². The van der Waals surface area contributed by atoms with E-state index in [4.69, 9.17) is 0 Å². The molecule has 0 fully saturated rings. The predicted octanol–water partition coefficient (Wildman–Crippen LogP) is 4.67. The second kappa shape index (κ2) is 7.51. The Bertz CT molecular complexity index is 998. The topological polar surface area (TPSA) is 59.0 Å². The van der Waals surface area contributed by atoms with E-state index in [0.29, 0.717) is 5.56 Å². The molecule has 0 unspecified atom stereocenters. The summed E-state index contributed by atoms with van der Waals surface area (Å²) in [6.45, 7) is 0.106. The summed E-state index contributed by atoms with van der Waals surface area (Å²) in [5.41, 5.74) is 0.545. The fraction of sp³-hybridized carbons (Fsp3) is 0.263. The molecule has 2 aromatic heterocycles. The van der Waals surface area contributed by atoms with Gasteiger partial charge in [0.15, 0.2) is 11.7 Å². The molecule has 29 heavy (non-hydrogen) atoms. The van der Waals surface area contributed by atoms with Crippen LogP contribution in [0.1, 0.15) is 39.4 Å². The molecule has 0 aliphatic carbocycles. The van der Waals surface area contributed by atoms with Crippen LogP contribution in [-0.4, -0.2) is 21.9 Å². The molecule has 4 rings (SSSR count). The number of rotatable bonds is 4. The van der Waals surface area contributed by atoms with Crippen LogP contribution in [0.5, 0.6) is 0 Å². The number of hydrogen-bond donors (Lipinski definition) is 2. The fourth-order valence-corrected chi connectivity index (χ4v) is 4.03. The standard InChI is InChI=1S/C19H16F4N4OS/c20-12-5-3-11(4-6-12)10-24-18(28)14-9-17-25-13(15-2-1-7-29-15)8-16(19(21,22)23)27(17)26-14/h1-7,9,13,16,25H,8,10H2,(H,24,28)/t13-,16+/m0/s1. The number of thiophene rings is 1. The zero-order valence-electron chi connectivity index (χ0n) is 14.9. The van der Waals surface area contributed by atoms with Crippen molar-refractivity contribution in [2.45, 2.75) is 31.2 Å². The number of benzene rings is 1. The van der Waals surface area contributed by atoms with Crippen molar-refractivity contribution in [2.75, 3.05) is 5.32 Å². The molecule has 5 nitrogen and oxygen atoms in total. The van der Waals surface area contributed by atoms with E-state index in [1.54, 1.807) is 17.5 Å². The van der Waals surface area contributed by atoms with Crippen molar-refractivity contribution in [1.29, 1.82) is 0 Å². The van der Waals surface area contributed by atoms with Crippen molar-refractivity contribution in [3.63, 3.8) is 0 Å². The maximum absolute atomic E-state index is 13.6. The third-order valence-corrected chi connectivity index (χ3v) is 5.66. The number of carbonyl (C=O) groups excluding carboxylic acids is 1. The molecule has 3 heterocycles. The quantitative estimate of drug-likeness (QED) is 0.599. The van der Waals surface area contributed by atoms with Gasteiger partial charge in [0.2, 0.25) is 0 Å². The van der Waals surface area contributed by atoms with E-state index >= 15 is 0 Å². The van der Waals surface area contributed by atoms with Crippen molar-refractivity contribution < 1.29 is 22.4 Å². The molecule has 1 aromatic carbocycles. The Morgan fingerprint density at radius 1 is 1.28 bits per heavy atom. The molecule has 0 spiro atoms. The molecule has 2 N–H and O–H groups in total. The highest BCUT2D eigenvalue weighted by Crippen LogP contribution is 2.44. The van der Waals surface area contributed by atoms with Gasteiger partial charge in [-0.15, -0.1) is 11.3 Å². The minimum atomic E-state index is -4.50.